The van der Waals surface area contributed by atoms with Crippen LogP contribution in [-0.4, -0.2) is 35.9 Å². The first kappa shape index (κ1) is 13.5. The second kappa shape index (κ2) is 5.00. The first-order valence-corrected chi connectivity index (χ1v) is 6.18. The van der Waals surface area contributed by atoms with Gasteiger partial charge in [0.1, 0.15) is 0 Å². The maximum absolute atomic E-state index is 10.9. The summed E-state index contributed by atoms with van der Waals surface area (Å²) < 4.78 is 3.29. The van der Waals surface area contributed by atoms with E-state index in [1.165, 1.54) is 4.68 Å². The Hall–Kier alpha value is -1.89. The lowest BCUT2D eigenvalue weighted by Crippen LogP contribution is -2.11. The minimum atomic E-state index is -1.09. The molecule has 0 saturated carbocycles. The van der Waals surface area contributed by atoms with Crippen molar-refractivity contribution in [1.82, 2.24) is 24.8 Å². The molecule has 0 fully saturated rings. The molecule has 19 heavy (non-hydrogen) atoms. The molecule has 8 heteroatoms. The van der Waals surface area contributed by atoms with Gasteiger partial charge in [-0.1, -0.05) is 16.8 Å². The molecule has 0 aromatic carbocycles. The smallest absolute Gasteiger partial charge is 0.358 e. The molecule has 7 nitrogen and oxygen atoms in total. The van der Waals surface area contributed by atoms with Crippen LogP contribution in [0.1, 0.15) is 34.5 Å². The molecule has 2 rings (SSSR count). The van der Waals surface area contributed by atoms with Gasteiger partial charge in [-0.05, 0) is 20.8 Å². The zero-order chi connectivity index (χ0) is 14.2. The molecule has 0 atom stereocenters. The highest BCUT2D eigenvalue weighted by Gasteiger charge is 2.18. The van der Waals surface area contributed by atoms with Crippen molar-refractivity contribution in [3.05, 3.63) is 27.8 Å². The van der Waals surface area contributed by atoms with Crippen molar-refractivity contribution in [3.63, 3.8) is 0 Å². The van der Waals surface area contributed by atoms with Crippen molar-refractivity contribution >= 4 is 17.6 Å². The third-order valence-electron chi connectivity index (χ3n) is 2.94. The highest BCUT2D eigenvalue weighted by molar-refractivity contribution is 6.31. The van der Waals surface area contributed by atoms with Crippen LogP contribution in [0.2, 0.25) is 5.02 Å². The van der Waals surface area contributed by atoms with E-state index in [1.54, 1.807) is 11.6 Å². The normalized spacial score (nSPS) is 10.9. The number of aromatic nitrogens is 5. The summed E-state index contributed by atoms with van der Waals surface area (Å²) in [5, 5.41) is 21.3. The van der Waals surface area contributed by atoms with Crippen molar-refractivity contribution in [3.8, 4) is 0 Å². The molecule has 0 aliphatic heterocycles. The summed E-state index contributed by atoms with van der Waals surface area (Å²) in [6, 6.07) is 0. The predicted molar refractivity (Wildman–Crippen MR) is 68.5 cm³/mol. The number of halogens is 1. The van der Waals surface area contributed by atoms with Gasteiger partial charge in [-0.25, -0.2) is 9.48 Å². The van der Waals surface area contributed by atoms with Gasteiger partial charge in [0, 0.05) is 6.54 Å². The zero-order valence-electron chi connectivity index (χ0n) is 10.9. The lowest BCUT2D eigenvalue weighted by atomic mass is 10.3. The molecule has 0 unspecified atom stereocenters. The molecular weight excluding hydrogens is 270 g/mol. The van der Waals surface area contributed by atoms with Crippen molar-refractivity contribution in [2.45, 2.75) is 33.9 Å². The Morgan fingerprint density at radius 1 is 1.37 bits per heavy atom. The maximum Gasteiger partial charge on any atom is 0.358 e. The summed E-state index contributed by atoms with van der Waals surface area (Å²) >= 11 is 6.20. The largest absolute Gasteiger partial charge is 0.476 e. The Morgan fingerprint density at radius 3 is 2.58 bits per heavy atom. The quantitative estimate of drug-likeness (QED) is 0.919. The summed E-state index contributed by atoms with van der Waals surface area (Å²) in [5.74, 6) is -1.09. The van der Waals surface area contributed by atoms with Gasteiger partial charge in [-0.2, -0.15) is 5.10 Å². The second-order valence-corrected chi connectivity index (χ2v) is 4.53. The molecule has 102 valence electrons. The van der Waals surface area contributed by atoms with Crippen LogP contribution >= 0.6 is 11.6 Å². The summed E-state index contributed by atoms with van der Waals surface area (Å²) in [6.07, 6.45) is 0. The highest BCUT2D eigenvalue weighted by atomic mass is 35.5. The standard InChI is InChI=1S/C11H14ClN5O2/c1-4-16-8(9(12)6(2)14-16)5-17-7(3)10(11(18)19)13-15-17/h4-5H2,1-3H3,(H,18,19). The Labute approximate surface area is 114 Å². The third kappa shape index (κ3) is 2.33. The fourth-order valence-electron chi connectivity index (χ4n) is 1.87. The van der Waals surface area contributed by atoms with Crippen molar-refractivity contribution in [2.24, 2.45) is 0 Å². The SMILES string of the molecule is CCn1nc(C)c(Cl)c1Cn1nnc(C(=O)O)c1C. The fraction of sp³-hybridized carbons (Fsp3) is 0.455. The predicted octanol–water partition coefficient (Wildman–Crippen LogP) is 1.51. The molecular formula is C11H14ClN5O2. The van der Waals surface area contributed by atoms with Crippen molar-refractivity contribution < 1.29 is 9.90 Å². The average molecular weight is 284 g/mol. The molecule has 2 aromatic heterocycles. The number of aryl methyl sites for hydroxylation is 2. The van der Waals surface area contributed by atoms with E-state index in [4.69, 9.17) is 16.7 Å². The number of carboxylic acids is 1. The molecule has 0 aliphatic rings. The molecule has 1 N–H and O–H groups in total. The number of hydrogen-bond acceptors (Lipinski definition) is 4. The molecule has 0 spiro atoms. The zero-order valence-corrected chi connectivity index (χ0v) is 11.6. The van der Waals surface area contributed by atoms with E-state index in [1.807, 2.05) is 13.8 Å². The summed E-state index contributed by atoms with van der Waals surface area (Å²) in [5.41, 5.74) is 1.99. The lowest BCUT2D eigenvalue weighted by molar-refractivity contribution is 0.0689. The number of carbonyl (C=O) groups is 1. The number of carboxylic acid groups (broad SMARTS) is 1. The molecule has 0 saturated heterocycles. The van der Waals surface area contributed by atoms with Crippen LogP contribution in [0.3, 0.4) is 0 Å². The fourth-order valence-corrected chi connectivity index (χ4v) is 2.07. The minimum Gasteiger partial charge on any atom is -0.476 e. The Balaban J connectivity index is 2.39. The number of hydrogen-bond donors (Lipinski definition) is 1. The molecule has 2 aromatic rings. The van der Waals surface area contributed by atoms with Gasteiger partial charge in [-0.3, -0.25) is 4.68 Å². The van der Waals surface area contributed by atoms with Gasteiger partial charge in [0.15, 0.2) is 5.69 Å². The van der Waals surface area contributed by atoms with E-state index in [9.17, 15) is 4.79 Å². The van der Waals surface area contributed by atoms with Gasteiger partial charge >= 0.3 is 5.97 Å². The lowest BCUT2D eigenvalue weighted by Gasteiger charge is -2.06. The average Bonchev–Trinajstić information content (AvgIpc) is 2.85. The van der Waals surface area contributed by atoms with Crippen LogP contribution in [-0.2, 0) is 13.1 Å². The van der Waals surface area contributed by atoms with Gasteiger partial charge in [-0.15, -0.1) is 5.10 Å². The van der Waals surface area contributed by atoms with Crippen LogP contribution in [0.15, 0.2) is 0 Å². The molecule has 0 amide bonds. The van der Waals surface area contributed by atoms with Crippen molar-refractivity contribution in [2.75, 3.05) is 0 Å². The van der Waals surface area contributed by atoms with Crippen LogP contribution < -0.4 is 0 Å². The van der Waals surface area contributed by atoms with Gasteiger partial charge in [0.05, 0.1) is 28.6 Å². The van der Waals surface area contributed by atoms with E-state index in [-0.39, 0.29) is 5.69 Å². The van der Waals surface area contributed by atoms with Gasteiger partial charge in [0.25, 0.3) is 0 Å². The third-order valence-corrected chi connectivity index (χ3v) is 3.43. The highest BCUT2D eigenvalue weighted by Crippen LogP contribution is 2.21. The van der Waals surface area contributed by atoms with E-state index < -0.39 is 5.97 Å². The number of rotatable bonds is 4. The first-order valence-electron chi connectivity index (χ1n) is 5.80. The molecule has 0 bridgehead atoms. The van der Waals surface area contributed by atoms with Crippen LogP contribution in [0, 0.1) is 13.8 Å². The number of aromatic carboxylic acids is 1. The topological polar surface area (TPSA) is 85.8 Å². The summed E-state index contributed by atoms with van der Waals surface area (Å²) in [4.78, 5) is 10.9. The Morgan fingerprint density at radius 2 is 2.05 bits per heavy atom. The maximum atomic E-state index is 10.9. The van der Waals surface area contributed by atoms with E-state index in [0.717, 1.165) is 11.4 Å². The van der Waals surface area contributed by atoms with Crippen LogP contribution in [0.5, 0.6) is 0 Å². The summed E-state index contributed by atoms with van der Waals surface area (Å²) in [6.45, 7) is 6.48. The first-order chi connectivity index (χ1) is 8.95. The van der Waals surface area contributed by atoms with E-state index >= 15 is 0 Å². The number of nitrogens with zero attached hydrogens (tertiary/aromatic N) is 5. The Kier molecular flexibility index (Phi) is 3.57. The molecule has 0 radical (unpaired) electrons. The molecule has 2 heterocycles. The van der Waals surface area contributed by atoms with E-state index in [0.29, 0.717) is 23.8 Å². The van der Waals surface area contributed by atoms with Crippen molar-refractivity contribution in [1.29, 1.82) is 0 Å². The van der Waals surface area contributed by atoms with Crippen LogP contribution in [0.25, 0.3) is 0 Å². The Bertz CT molecular complexity index is 631. The summed E-state index contributed by atoms with van der Waals surface area (Å²) in [7, 11) is 0. The second-order valence-electron chi connectivity index (χ2n) is 4.15. The minimum absolute atomic E-state index is 0.0459. The van der Waals surface area contributed by atoms with Gasteiger partial charge < -0.3 is 5.11 Å². The van der Waals surface area contributed by atoms with Crippen LogP contribution in [0.4, 0.5) is 0 Å². The van der Waals surface area contributed by atoms with Gasteiger partial charge in [0.2, 0.25) is 0 Å². The van der Waals surface area contributed by atoms with E-state index in [2.05, 4.69) is 15.4 Å². The monoisotopic (exact) mass is 283 g/mol. The molecule has 0 aliphatic carbocycles.